The Morgan fingerprint density at radius 2 is 2.19 bits per heavy atom. The topological polar surface area (TPSA) is 91.2 Å². The van der Waals surface area contributed by atoms with Gasteiger partial charge in [-0.3, -0.25) is 14.5 Å². The van der Waals surface area contributed by atoms with Gasteiger partial charge in [-0.2, -0.15) is 0 Å². The summed E-state index contributed by atoms with van der Waals surface area (Å²) in [6.45, 7) is 9.12. The van der Waals surface area contributed by atoms with Crippen LogP contribution in [0.15, 0.2) is 33.0 Å². The number of aromatic nitrogens is 2. The number of furan rings is 1. The van der Waals surface area contributed by atoms with Crippen molar-refractivity contribution < 1.29 is 9.21 Å². The minimum absolute atomic E-state index is 0.0518. The summed E-state index contributed by atoms with van der Waals surface area (Å²) in [5.74, 6) is 1.14. The molecule has 0 aromatic carbocycles. The van der Waals surface area contributed by atoms with Gasteiger partial charge in [0.2, 0.25) is 5.91 Å². The lowest BCUT2D eigenvalue weighted by molar-refractivity contribution is -0.123. The molecule has 3 aromatic rings. The molecular weight excluding hydrogens is 364 g/mol. The van der Waals surface area contributed by atoms with Gasteiger partial charge in [0.15, 0.2) is 0 Å². The lowest BCUT2D eigenvalue weighted by Gasteiger charge is -2.24. The maximum atomic E-state index is 12.6. The number of carbonyl (C=O) groups is 1. The average Bonchev–Trinajstić information content (AvgIpc) is 3.21. The number of nitrogens with one attached hydrogen (secondary N) is 2. The molecule has 0 atom stereocenters. The lowest BCUT2D eigenvalue weighted by atomic mass is 10.1. The predicted molar refractivity (Wildman–Crippen MR) is 107 cm³/mol. The van der Waals surface area contributed by atoms with Gasteiger partial charge in [-0.1, -0.05) is 6.92 Å². The highest BCUT2D eigenvalue weighted by atomic mass is 32.1. The van der Waals surface area contributed by atoms with Crippen LogP contribution in [0, 0.1) is 0 Å². The standard InChI is InChI=1S/C19H24N4O3S/c1-5-23(10-15(24)22-19(2,3)4)9-14-20-17(25)16-12(11-27-18(16)21-14)13-7-6-8-26-13/h6-8,11H,5,9-10H2,1-4H3,(H,22,24)(H,20,21,25). The van der Waals surface area contributed by atoms with Gasteiger partial charge in [0, 0.05) is 16.5 Å². The van der Waals surface area contributed by atoms with Crippen LogP contribution in [-0.4, -0.2) is 39.4 Å². The normalized spacial score (nSPS) is 12.0. The highest BCUT2D eigenvalue weighted by molar-refractivity contribution is 7.17. The minimum atomic E-state index is -0.277. The molecule has 3 heterocycles. The molecule has 0 aliphatic heterocycles. The Kier molecular flexibility index (Phi) is 5.48. The van der Waals surface area contributed by atoms with Crippen LogP contribution in [0.1, 0.15) is 33.5 Å². The number of likely N-dealkylation sites (N-methyl/N-ethyl adjacent to an activating group) is 1. The molecule has 2 N–H and O–H groups in total. The molecule has 3 rings (SSSR count). The zero-order valence-corrected chi connectivity index (χ0v) is 16.8. The van der Waals surface area contributed by atoms with Gasteiger partial charge < -0.3 is 14.7 Å². The van der Waals surface area contributed by atoms with E-state index < -0.39 is 0 Å². The third-order valence-corrected chi connectivity index (χ3v) is 4.85. The fourth-order valence-electron chi connectivity index (χ4n) is 2.83. The molecule has 1 amide bonds. The van der Waals surface area contributed by atoms with Gasteiger partial charge in [0.05, 0.1) is 24.7 Å². The van der Waals surface area contributed by atoms with Crippen LogP contribution in [0.5, 0.6) is 0 Å². The van der Waals surface area contributed by atoms with Crippen molar-refractivity contribution in [3.8, 4) is 11.3 Å². The number of thiophene rings is 1. The van der Waals surface area contributed by atoms with E-state index in [1.807, 2.05) is 44.0 Å². The number of amides is 1. The number of aromatic amines is 1. The highest BCUT2D eigenvalue weighted by Crippen LogP contribution is 2.30. The summed E-state index contributed by atoms with van der Waals surface area (Å²) < 4.78 is 5.41. The monoisotopic (exact) mass is 388 g/mol. The largest absolute Gasteiger partial charge is 0.464 e. The zero-order chi connectivity index (χ0) is 19.6. The molecular formula is C19H24N4O3S. The molecule has 0 bridgehead atoms. The van der Waals surface area contributed by atoms with E-state index in [0.717, 1.165) is 5.56 Å². The van der Waals surface area contributed by atoms with Crippen molar-refractivity contribution in [2.45, 2.75) is 39.8 Å². The van der Waals surface area contributed by atoms with Crippen LogP contribution >= 0.6 is 11.3 Å². The van der Waals surface area contributed by atoms with E-state index in [4.69, 9.17) is 4.42 Å². The van der Waals surface area contributed by atoms with E-state index in [-0.39, 0.29) is 23.6 Å². The first-order chi connectivity index (χ1) is 12.8. The predicted octanol–water partition coefficient (Wildman–Crippen LogP) is 2.98. The van der Waals surface area contributed by atoms with Gasteiger partial charge in [-0.15, -0.1) is 11.3 Å². The number of carbonyl (C=O) groups excluding carboxylic acids is 1. The smallest absolute Gasteiger partial charge is 0.260 e. The Labute approximate surface area is 161 Å². The Balaban J connectivity index is 1.81. The van der Waals surface area contributed by atoms with Gasteiger partial charge in [-0.25, -0.2) is 4.98 Å². The number of H-pyrrole nitrogens is 1. The molecule has 144 valence electrons. The van der Waals surface area contributed by atoms with Crippen LogP contribution in [0.2, 0.25) is 0 Å². The van der Waals surface area contributed by atoms with Crippen molar-refractivity contribution in [3.63, 3.8) is 0 Å². The third-order valence-electron chi connectivity index (χ3n) is 3.98. The van der Waals surface area contributed by atoms with E-state index in [2.05, 4.69) is 15.3 Å². The van der Waals surface area contributed by atoms with Crippen molar-refractivity contribution in [1.29, 1.82) is 0 Å². The summed E-state index contributed by atoms with van der Waals surface area (Å²) in [4.78, 5) is 34.8. The van der Waals surface area contributed by atoms with E-state index in [9.17, 15) is 9.59 Å². The van der Waals surface area contributed by atoms with Crippen LogP contribution in [0.4, 0.5) is 0 Å². The molecule has 3 aromatic heterocycles. The highest BCUT2D eigenvalue weighted by Gasteiger charge is 2.18. The van der Waals surface area contributed by atoms with Gasteiger partial charge in [-0.05, 0) is 39.4 Å². The average molecular weight is 388 g/mol. The Morgan fingerprint density at radius 3 is 2.81 bits per heavy atom. The number of nitrogens with zero attached hydrogens (tertiary/aromatic N) is 2. The molecule has 0 aliphatic rings. The summed E-state index contributed by atoms with van der Waals surface area (Å²) in [5.41, 5.74) is 0.274. The first-order valence-electron chi connectivity index (χ1n) is 8.84. The Hall–Kier alpha value is -2.45. The van der Waals surface area contributed by atoms with Crippen molar-refractivity contribution in [1.82, 2.24) is 20.2 Å². The number of hydrogen-bond donors (Lipinski definition) is 2. The maximum absolute atomic E-state index is 12.6. The maximum Gasteiger partial charge on any atom is 0.260 e. The summed E-state index contributed by atoms with van der Waals surface area (Å²) in [6.07, 6.45) is 1.58. The molecule has 0 saturated carbocycles. The fraction of sp³-hybridized carbons (Fsp3) is 0.421. The number of rotatable bonds is 6. The molecule has 8 heteroatoms. The van der Waals surface area contributed by atoms with Gasteiger partial charge in [0.1, 0.15) is 16.4 Å². The Bertz CT molecular complexity index is 983. The summed E-state index contributed by atoms with van der Waals surface area (Å²) in [5, 5.41) is 5.36. The van der Waals surface area contributed by atoms with E-state index in [0.29, 0.717) is 34.9 Å². The van der Waals surface area contributed by atoms with Crippen molar-refractivity contribution in [2.24, 2.45) is 0 Å². The molecule has 0 aliphatic carbocycles. The fourth-order valence-corrected chi connectivity index (χ4v) is 3.78. The van der Waals surface area contributed by atoms with Crippen LogP contribution < -0.4 is 10.9 Å². The van der Waals surface area contributed by atoms with E-state index >= 15 is 0 Å². The SMILES string of the molecule is CCN(CC(=O)NC(C)(C)C)Cc1nc2scc(-c3ccco3)c2c(=O)[nH]1. The summed E-state index contributed by atoms with van der Waals surface area (Å²) in [6, 6.07) is 3.61. The second-order valence-corrected chi connectivity index (χ2v) is 8.28. The van der Waals surface area contributed by atoms with Crippen molar-refractivity contribution in [2.75, 3.05) is 13.1 Å². The first kappa shape index (κ1) is 19.3. The molecule has 7 nitrogen and oxygen atoms in total. The van der Waals surface area contributed by atoms with Crippen molar-refractivity contribution >= 4 is 27.5 Å². The van der Waals surface area contributed by atoms with Crippen molar-refractivity contribution in [3.05, 3.63) is 40.0 Å². The molecule has 0 saturated heterocycles. The van der Waals surface area contributed by atoms with E-state index in [1.54, 1.807) is 12.3 Å². The first-order valence-corrected chi connectivity index (χ1v) is 9.72. The molecule has 0 fully saturated rings. The zero-order valence-electron chi connectivity index (χ0n) is 16.0. The Morgan fingerprint density at radius 1 is 1.41 bits per heavy atom. The summed E-state index contributed by atoms with van der Waals surface area (Å²) in [7, 11) is 0. The number of hydrogen-bond acceptors (Lipinski definition) is 6. The lowest BCUT2D eigenvalue weighted by Crippen LogP contribution is -2.45. The molecule has 0 radical (unpaired) electrons. The van der Waals surface area contributed by atoms with Crippen LogP contribution in [-0.2, 0) is 11.3 Å². The van der Waals surface area contributed by atoms with Crippen LogP contribution in [0.3, 0.4) is 0 Å². The van der Waals surface area contributed by atoms with Gasteiger partial charge in [0.25, 0.3) is 5.56 Å². The number of fused-ring (bicyclic) bond motifs is 1. The van der Waals surface area contributed by atoms with Crippen LogP contribution in [0.25, 0.3) is 21.5 Å². The van der Waals surface area contributed by atoms with Gasteiger partial charge >= 0.3 is 0 Å². The second kappa shape index (κ2) is 7.66. The summed E-state index contributed by atoms with van der Waals surface area (Å²) >= 11 is 1.41. The van der Waals surface area contributed by atoms with E-state index in [1.165, 1.54) is 11.3 Å². The molecule has 27 heavy (non-hydrogen) atoms. The molecule has 0 spiro atoms. The molecule has 0 unspecified atom stereocenters. The minimum Gasteiger partial charge on any atom is -0.464 e. The quantitative estimate of drug-likeness (QED) is 0.677. The second-order valence-electron chi connectivity index (χ2n) is 7.42. The third kappa shape index (κ3) is 4.64.